The van der Waals surface area contributed by atoms with Gasteiger partial charge in [0.2, 0.25) is 0 Å². The lowest BCUT2D eigenvalue weighted by Gasteiger charge is -2.09. The fraction of sp³-hybridized carbons (Fsp3) is 0.154. The van der Waals surface area contributed by atoms with Gasteiger partial charge in [-0.15, -0.1) is 0 Å². The second-order valence-corrected chi connectivity index (χ2v) is 7.66. The highest BCUT2D eigenvalue weighted by atomic mass is 16.5. The zero-order valence-electron chi connectivity index (χ0n) is 19.3. The number of hydrogen-bond donors (Lipinski definition) is 2. The molecule has 0 aliphatic carbocycles. The zero-order chi connectivity index (χ0) is 24.8. The third kappa shape index (κ3) is 5.83. The second kappa shape index (κ2) is 10.5. The van der Waals surface area contributed by atoms with Gasteiger partial charge in [0.25, 0.3) is 11.8 Å². The number of carbonyl (C=O) groups is 3. The fourth-order valence-electron chi connectivity index (χ4n) is 3.36. The Labute approximate surface area is 201 Å². The first-order chi connectivity index (χ1) is 16.9. The van der Waals surface area contributed by atoms with E-state index in [1.165, 1.54) is 6.92 Å². The van der Waals surface area contributed by atoms with E-state index in [2.05, 4.69) is 15.7 Å². The van der Waals surface area contributed by atoms with E-state index < -0.39 is 5.91 Å². The summed E-state index contributed by atoms with van der Waals surface area (Å²) in [6.07, 6.45) is 1.57. The van der Waals surface area contributed by atoms with Crippen molar-refractivity contribution in [1.29, 1.82) is 0 Å². The molecular weight excluding hydrogens is 448 g/mol. The highest BCUT2D eigenvalue weighted by molar-refractivity contribution is 6.05. The smallest absolute Gasteiger partial charge is 0.291 e. The number of ether oxygens (including phenoxy) is 1. The van der Waals surface area contributed by atoms with Crippen LogP contribution in [0.4, 0.5) is 11.4 Å². The Balaban J connectivity index is 1.34. The third-order valence-corrected chi connectivity index (χ3v) is 5.15. The van der Waals surface area contributed by atoms with Crippen molar-refractivity contribution in [2.45, 2.75) is 27.0 Å². The van der Waals surface area contributed by atoms with E-state index in [0.717, 1.165) is 0 Å². The molecule has 2 heterocycles. The number of nitrogens with one attached hydrogen (secondary N) is 2. The molecule has 0 saturated heterocycles. The molecule has 0 bridgehead atoms. The summed E-state index contributed by atoms with van der Waals surface area (Å²) >= 11 is 0. The van der Waals surface area contributed by atoms with Gasteiger partial charge >= 0.3 is 0 Å². The largest absolute Gasteiger partial charge is 0.486 e. The molecule has 4 rings (SSSR count). The van der Waals surface area contributed by atoms with Crippen LogP contribution in [0.25, 0.3) is 0 Å². The first kappa shape index (κ1) is 23.5. The predicted molar refractivity (Wildman–Crippen MR) is 130 cm³/mol. The standard InChI is InChI=1S/C26H24N4O5/c1-3-30-23(13-14-27-30)25(32)28-19-5-4-6-20(15-19)29-26(33)24-12-11-22(35-24)16-34-21-9-7-18(8-10-21)17(2)31/h4-15H,3,16H2,1-2H3,(H,28,32)(H,29,33). The second-order valence-electron chi connectivity index (χ2n) is 7.66. The van der Waals surface area contributed by atoms with Crippen molar-refractivity contribution in [2.24, 2.45) is 0 Å². The van der Waals surface area contributed by atoms with Gasteiger partial charge in [-0.25, -0.2) is 0 Å². The van der Waals surface area contributed by atoms with Crippen molar-refractivity contribution >= 4 is 29.0 Å². The Morgan fingerprint density at radius 1 is 0.943 bits per heavy atom. The minimum absolute atomic E-state index is 0.0184. The number of carbonyl (C=O) groups excluding carboxylic acids is 3. The van der Waals surface area contributed by atoms with Crippen molar-refractivity contribution in [2.75, 3.05) is 10.6 Å². The van der Waals surface area contributed by atoms with E-state index in [9.17, 15) is 14.4 Å². The Morgan fingerprint density at radius 2 is 1.66 bits per heavy atom. The van der Waals surface area contributed by atoms with Gasteiger partial charge in [-0.05, 0) is 74.5 Å². The highest BCUT2D eigenvalue weighted by Gasteiger charge is 2.14. The van der Waals surface area contributed by atoms with Crippen LogP contribution in [0, 0.1) is 0 Å². The number of Topliss-reactive ketones (excluding diaryl/α,β-unsaturated/α-hetero) is 1. The number of anilines is 2. The molecule has 35 heavy (non-hydrogen) atoms. The van der Waals surface area contributed by atoms with Gasteiger partial charge in [-0.2, -0.15) is 5.10 Å². The minimum atomic E-state index is -0.436. The molecule has 9 nitrogen and oxygen atoms in total. The van der Waals surface area contributed by atoms with Gasteiger partial charge in [0, 0.05) is 29.7 Å². The van der Waals surface area contributed by atoms with Crippen LogP contribution in [-0.2, 0) is 13.2 Å². The average molecular weight is 473 g/mol. The summed E-state index contributed by atoms with van der Waals surface area (Å²) in [5.41, 5.74) is 2.07. The SMILES string of the molecule is CCn1nccc1C(=O)Nc1cccc(NC(=O)c2ccc(COc3ccc(C(C)=O)cc3)o2)c1. The van der Waals surface area contributed by atoms with Crippen LogP contribution in [-0.4, -0.2) is 27.4 Å². The summed E-state index contributed by atoms with van der Waals surface area (Å²) in [5, 5.41) is 9.66. The van der Waals surface area contributed by atoms with E-state index in [1.54, 1.807) is 77.6 Å². The molecule has 0 unspecified atom stereocenters. The number of benzene rings is 2. The summed E-state index contributed by atoms with van der Waals surface area (Å²) in [6.45, 7) is 4.11. The van der Waals surface area contributed by atoms with E-state index in [1.807, 2.05) is 6.92 Å². The lowest BCUT2D eigenvalue weighted by Crippen LogP contribution is -2.17. The van der Waals surface area contributed by atoms with Crippen LogP contribution >= 0.6 is 0 Å². The Hall–Kier alpha value is -4.66. The Kier molecular flexibility index (Phi) is 7.06. The number of amides is 2. The maximum Gasteiger partial charge on any atom is 0.291 e. The first-order valence-electron chi connectivity index (χ1n) is 11.0. The molecule has 0 radical (unpaired) electrons. The molecule has 0 fully saturated rings. The molecule has 0 atom stereocenters. The number of nitrogens with zero attached hydrogens (tertiary/aromatic N) is 2. The molecule has 0 aliphatic rings. The molecular formula is C26H24N4O5. The predicted octanol–water partition coefficient (Wildman–Crippen LogP) is 4.78. The van der Waals surface area contributed by atoms with E-state index in [-0.39, 0.29) is 24.1 Å². The molecule has 2 amide bonds. The average Bonchev–Trinajstić information content (AvgIpc) is 3.53. The molecule has 2 aromatic carbocycles. The van der Waals surface area contributed by atoms with Crippen molar-refractivity contribution in [3.63, 3.8) is 0 Å². The van der Waals surface area contributed by atoms with Crippen LogP contribution in [0.15, 0.2) is 77.3 Å². The molecule has 0 aliphatic heterocycles. The quantitative estimate of drug-likeness (QED) is 0.339. The van der Waals surface area contributed by atoms with Crippen molar-refractivity contribution < 1.29 is 23.5 Å². The minimum Gasteiger partial charge on any atom is -0.486 e. The molecule has 2 aromatic heterocycles. The summed E-state index contributed by atoms with van der Waals surface area (Å²) in [7, 11) is 0. The van der Waals surface area contributed by atoms with Crippen LogP contribution in [0.1, 0.15) is 51.0 Å². The number of hydrogen-bond acceptors (Lipinski definition) is 6. The third-order valence-electron chi connectivity index (χ3n) is 5.15. The lowest BCUT2D eigenvalue weighted by molar-refractivity contribution is 0.0989. The number of rotatable bonds is 9. The Bertz CT molecular complexity index is 1350. The monoisotopic (exact) mass is 472 g/mol. The zero-order valence-corrected chi connectivity index (χ0v) is 19.3. The maximum atomic E-state index is 12.6. The molecule has 178 valence electrons. The van der Waals surface area contributed by atoms with Crippen LogP contribution in [0.2, 0.25) is 0 Å². The molecule has 2 N–H and O–H groups in total. The molecule has 0 spiro atoms. The number of ketones is 1. The number of aromatic nitrogens is 2. The van der Waals surface area contributed by atoms with Crippen molar-refractivity contribution in [1.82, 2.24) is 9.78 Å². The number of aryl methyl sites for hydroxylation is 1. The summed E-state index contributed by atoms with van der Waals surface area (Å²) in [5.74, 6) is 0.429. The fourth-order valence-corrected chi connectivity index (χ4v) is 3.36. The molecule has 0 saturated carbocycles. The van der Waals surface area contributed by atoms with Gasteiger partial charge in [0.15, 0.2) is 11.5 Å². The van der Waals surface area contributed by atoms with Crippen LogP contribution in [0.3, 0.4) is 0 Å². The highest BCUT2D eigenvalue weighted by Crippen LogP contribution is 2.19. The van der Waals surface area contributed by atoms with E-state index in [4.69, 9.17) is 9.15 Å². The summed E-state index contributed by atoms with van der Waals surface area (Å²) in [6, 6.07) is 18.5. The van der Waals surface area contributed by atoms with E-state index >= 15 is 0 Å². The summed E-state index contributed by atoms with van der Waals surface area (Å²) in [4.78, 5) is 36.5. The van der Waals surface area contributed by atoms with Crippen LogP contribution < -0.4 is 15.4 Å². The van der Waals surface area contributed by atoms with Gasteiger partial charge in [-0.3, -0.25) is 19.1 Å². The van der Waals surface area contributed by atoms with E-state index in [0.29, 0.717) is 40.7 Å². The lowest BCUT2D eigenvalue weighted by atomic mass is 10.1. The molecule has 4 aromatic rings. The van der Waals surface area contributed by atoms with Gasteiger partial charge in [-0.1, -0.05) is 6.07 Å². The maximum absolute atomic E-state index is 12.6. The van der Waals surface area contributed by atoms with Crippen molar-refractivity contribution in [3.8, 4) is 5.75 Å². The molecule has 9 heteroatoms. The first-order valence-corrected chi connectivity index (χ1v) is 11.0. The Morgan fingerprint density at radius 3 is 2.34 bits per heavy atom. The number of furan rings is 1. The van der Waals surface area contributed by atoms with Gasteiger partial charge < -0.3 is 19.8 Å². The van der Waals surface area contributed by atoms with Crippen molar-refractivity contribution in [3.05, 3.63) is 95.7 Å². The van der Waals surface area contributed by atoms with Crippen LogP contribution in [0.5, 0.6) is 5.75 Å². The summed E-state index contributed by atoms with van der Waals surface area (Å²) < 4.78 is 12.9. The van der Waals surface area contributed by atoms with Gasteiger partial charge in [0.05, 0.1) is 0 Å². The topological polar surface area (TPSA) is 115 Å². The normalized spacial score (nSPS) is 10.6. The van der Waals surface area contributed by atoms with Gasteiger partial charge in [0.1, 0.15) is 23.8 Å².